The highest BCUT2D eigenvalue weighted by molar-refractivity contribution is 7.89. The minimum atomic E-state index is -3.68. The van der Waals surface area contributed by atoms with Gasteiger partial charge < -0.3 is 4.52 Å². The van der Waals surface area contributed by atoms with Crippen molar-refractivity contribution in [2.75, 3.05) is 26.2 Å². The van der Waals surface area contributed by atoms with Gasteiger partial charge in [0.25, 0.3) is 0 Å². The van der Waals surface area contributed by atoms with E-state index in [4.69, 9.17) is 4.52 Å². The fourth-order valence-electron chi connectivity index (χ4n) is 3.51. The summed E-state index contributed by atoms with van der Waals surface area (Å²) in [7, 11) is -7.28. The number of hydrogen-bond donors (Lipinski definition) is 1. The van der Waals surface area contributed by atoms with Crippen molar-refractivity contribution in [3.63, 3.8) is 0 Å². The first-order chi connectivity index (χ1) is 14.2. The molecule has 11 heteroatoms. The van der Waals surface area contributed by atoms with Crippen LogP contribution in [-0.4, -0.2) is 63.4 Å². The van der Waals surface area contributed by atoms with Crippen LogP contribution in [0.15, 0.2) is 38.6 Å². The van der Waals surface area contributed by atoms with E-state index in [2.05, 4.69) is 14.8 Å². The van der Waals surface area contributed by atoms with Gasteiger partial charge in [0.05, 0.1) is 15.5 Å². The number of aryl methyl sites for hydroxylation is 2. The van der Waals surface area contributed by atoms with Gasteiger partial charge in [-0.2, -0.15) is 4.31 Å². The summed E-state index contributed by atoms with van der Waals surface area (Å²) in [4.78, 5) is 2.36. The van der Waals surface area contributed by atoms with Crippen molar-refractivity contribution in [2.45, 2.75) is 49.1 Å². The molecule has 0 atom stereocenters. The largest absolute Gasteiger partial charge is 0.361 e. The second-order valence-electron chi connectivity index (χ2n) is 7.85. The van der Waals surface area contributed by atoms with Gasteiger partial charge in [0.2, 0.25) is 20.0 Å². The van der Waals surface area contributed by atoms with Crippen LogP contribution in [0.5, 0.6) is 0 Å². The lowest BCUT2D eigenvalue weighted by Gasteiger charge is -2.33. The van der Waals surface area contributed by atoms with Gasteiger partial charge in [-0.1, -0.05) is 5.16 Å². The molecule has 1 aromatic heterocycles. The summed E-state index contributed by atoms with van der Waals surface area (Å²) in [6.07, 6.45) is 1.68. The molecule has 1 saturated carbocycles. The maximum absolute atomic E-state index is 13.0. The molecule has 2 fully saturated rings. The third-order valence-electron chi connectivity index (χ3n) is 5.57. The van der Waals surface area contributed by atoms with E-state index in [1.54, 1.807) is 0 Å². The highest BCUT2D eigenvalue weighted by atomic mass is 32.2. The summed E-state index contributed by atoms with van der Waals surface area (Å²) in [6, 6.07) is 5.44. The number of benzene rings is 1. The Bertz CT molecular complexity index is 1090. The van der Waals surface area contributed by atoms with E-state index >= 15 is 0 Å². The standard InChI is InChI=1S/C19H26N4O5S2/c1-14-19(15(2)28-20-14)13-22-9-11-23(12-10-22)30(26,27)18-7-5-17(6-8-18)29(24,25)21-16-3-4-16/h5-8,16,21H,3-4,9-13H2,1-2H3. The monoisotopic (exact) mass is 454 g/mol. The Morgan fingerprint density at radius 1 is 1.00 bits per heavy atom. The van der Waals surface area contributed by atoms with Gasteiger partial charge in [-0.3, -0.25) is 4.90 Å². The van der Waals surface area contributed by atoms with Crippen LogP contribution >= 0.6 is 0 Å². The summed E-state index contributed by atoms with van der Waals surface area (Å²) in [5, 5.41) is 3.96. The molecule has 1 N–H and O–H groups in total. The van der Waals surface area contributed by atoms with Gasteiger partial charge >= 0.3 is 0 Å². The predicted molar refractivity (Wildman–Crippen MR) is 110 cm³/mol. The van der Waals surface area contributed by atoms with Crippen LogP contribution in [0.4, 0.5) is 0 Å². The summed E-state index contributed by atoms with van der Waals surface area (Å²) < 4.78 is 59.8. The molecule has 1 aromatic carbocycles. The Balaban J connectivity index is 1.40. The molecule has 164 valence electrons. The zero-order valence-electron chi connectivity index (χ0n) is 17.0. The summed E-state index contributed by atoms with van der Waals surface area (Å²) in [6.45, 7) is 6.39. The van der Waals surface area contributed by atoms with Gasteiger partial charge in [0, 0.05) is 44.3 Å². The summed E-state index contributed by atoms with van der Waals surface area (Å²) >= 11 is 0. The molecule has 0 amide bonds. The molecule has 30 heavy (non-hydrogen) atoms. The van der Waals surface area contributed by atoms with Crippen molar-refractivity contribution in [3.05, 3.63) is 41.3 Å². The third kappa shape index (κ3) is 4.45. The normalized spacial score (nSPS) is 19.3. The topological polar surface area (TPSA) is 113 Å². The zero-order valence-corrected chi connectivity index (χ0v) is 18.7. The number of nitrogens with one attached hydrogen (secondary N) is 1. The number of rotatable bonds is 7. The highest BCUT2D eigenvalue weighted by Gasteiger charge is 2.31. The first-order valence-corrected chi connectivity index (χ1v) is 12.9. The van der Waals surface area contributed by atoms with Crippen LogP contribution in [-0.2, 0) is 26.6 Å². The van der Waals surface area contributed by atoms with Gasteiger partial charge in [-0.15, -0.1) is 0 Å². The quantitative estimate of drug-likeness (QED) is 0.670. The molecular formula is C19H26N4O5S2. The average molecular weight is 455 g/mol. The van der Waals surface area contributed by atoms with Crippen molar-refractivity contribution in [2.24, 2.45) is 0 Å². The second-order valence-corrected chi connectivity index (χ2v) is 11.5. The van der Waals surface area contributed by atoms with Gasteiger partial charge in [-0.05, 0) is 51.0 Å². The van der Waals surface area contributed by atoms with E-state index in [1.807, 2.05) is 13.8 Å². The van der Waals surface area contributed by atoms with Crippen molar-refractivity contribution in [1.29, 1.82) is 0 Å². The first-order valence-electron chi connectivity index (χ1n) is 9.93. The fraction of sp³-hybridized carbons (Fsp3) is 0.526. The number of piperazine rings is 1. The van der Waals surface area contributed by atoms with Crippen LogP contribution in [0.3, 0.4) is 0 Å². The van der Waals surface area contributed by atoms with Crippen LogP contribution in [0.1, 0.15) is 29.9 Å². The molecule has 1 aliphatic carbocycles. The second kappa shape index (κ2) is 8.04. The highest BCUT2D eigenvalue weighted by Crippen LogP contribution is 2.24. The number of sulfonamides is 2. The Morgan fingerprint density at radius 2 is 1.60 bits per heavy atom. The van der Waals surface area contributed by atoms with Crippen LogP contribution in [0, 0.1) is 13.8 Å². The maximum atomic E-state index is 13.0. The Hall–Kier alpha value is -1.79. The first kappa shape index (κ1) is 21.4. The molecule has 1 aliphatic heterocycles. The summed E-state index contributed by atoms with van der Waals surface area (Å²) in [5.74, 6) is 0.786. The van der Waals surface area contributed by atoms with Crippen LogP contribution < -0.4 is 4.72 Å². The minimum Gasteiger partial charge on any atom is -0.361 e. The maximum Gasteiger partial charge on any atom is 0.243 e. The number of nitrogens with zero attached hydrogens (tertiary/aromatic N) is 3. The Labute approximate surface area is 177 Å². The van der Waals surface area contributed by atoms with Crippen LogP contribution in [0.2, 0.25) is 0 Å². The summed E-state index contributed by atoms with van der Waals surface area (Å²) in [5.41, 5.74) is 1.90. The van der Waals surface area contributed by atoms with E-state index < -0.39 is 20.0 Å². The lowest BCUT2D eigenvalue weighted by molar-refractivity contribution is 0.180. The number of aromatic nitrogens is 1. The molecule has 0 bridgehead atoms. The van der Waals surface area contributed by atoms with Crippen molar-refractivity contribution >= 4 is 20.0 Å². The van der Waals surface area contributed by atoms with Gasteiger partial charge in [0.15, 0.2) is 0 Å². The molecule has 9 nitrogen and oxygen atoms in total. The lowest BCUT2D eigenvalue weighted by atomic mass is 10.2. The molecule has 2 aliphatic rings. The molecule has 0 spiro atoms. The molecule has 0 unspecified atom stereocenters. The van der Waals surface area contributed by atoms with E-state index in [-0.39, 0.29) is 15.8 Å². The lowest BCUT2D eigenvalue weighted by Crippen LogP contribution is -2.48. The Morgan fingerprint density at radius 3 is 2.13 bits per heavy atom. The van der Waals surface area contributed by atoms with E-state index in [0.717, 1.165) is 29.9 Å². The SMILES string of the molecule is Cc1noc(C)c1CN1CCN(S(=O)(=O)c2ccc(S(=O)(=O)NC3CC3)cc2)CC1. The van der Waals surface area contributed by atoms with Crippen molar-refractivity contribution in [3.8, 4) is 0 Å². The number of hydrogen-bond acceptors (Lipinski definition) is 7. The smallest absolute Gasteiger partial charge is 0.243 e. The van der Waals surface area contributed by atoms with Crippen molar-refractivity contribution < 1.29 is 21.4 Å². The Kier molecular flexibility index (Phi) is 5.75. The molecule has 2 aromatic rings. The zero-order chi connectivity index (χ0) is 21.5. The average Bonchev–Trinajstić information content (AvgIpc) is 3.48. The molecule has 1 saturated heterocycles. The van der Waals surface area contributed by atoms with Gasteiger partial charge in [-0.25, -0.2) is 21.6 Å². The minimum absolute atomic E-state index is 0.000102. The van der Waals surface area contributed by atoms with E-state index in [1.165, 1.54) is 28.6 Å². The third-order valence-corrected chi connectivity index (χ3v) is 9.01. The predicted octanol–water partition coefficient (Wildman–Crippen LogP) is 1.24. The molecule has 0 radical (unpaired) electrons. The van der Waals surface area contributed by atoms with E-state index in [9.17, 15) is 16.8 Å². The molecule has 4 rings (SSSR count). The van der Waals surface area contributed by atoms with Gasteiger partial charge in [0.1, 0.15) is 5.76 Å². The van der Waals surface area contributed by atoms with Crippen LogP contribution in [0.25, 0.3) is 0 Å². The van der Waals surface area contributed by atoms with E-state index in [0.29, 0.717) is 32.7 Å². The molecular weight excluding hydrogens is 428 g/mol. The fourth-order valence-corrected chi connectivity index (χ4v) is 6.23. The van der Waals surface area contributed by atoms with Crippen molar-refractivity contribution in [1.82, 2.24) is 19.1 Å². The molecule has 2 heterocycles.